The molecule has 1 aliphatic rings. The van der Waals surface area contributed by atoms with Crippen LogP contribution in [-0.4, -0.2) is 18.0 Å². The Balaban J connectivity index is 1.92. The quantitative estimate of drug-likeness (QED) is 0.837. The van der Waals surface area contributed by atoms with Gasteiger partial charge in [0.1, 0.15) is 0 Å². The highest BCUT2D eigenvalue weighted by molar-refractivity contribution is 6.31. The molecule has 4 heteroatoms. The standard InChI is InChI=1S/C21H25ClN2O/c1-15-17(11-8-12-18(15)22)20(25)24-19(16-9-4-3-5-10-16)21(2)13-6-7-14-23-21/h3-5,8-12,19,23H,6-7,13-14H2,1-2H3,(H,24,25). The largest absolute Gasteiger partial charge is 0.343 e. The fourth-order valence-corrected chi connectivity index (χ4v) is 3.82. The van der Waals surface area contributed by atoms with E-state index in [2.05, 4.69) is 29.7 Å². The average Bonchev–Trinajstić information content (AvgIpc) is 2.63. The molecule has 1 saturated heterocycles. The Hall–Kier alpha value is -1.84. The third-order valence-electron chi connectivity index (χ3n) is 5.21. The molecular weight excluding hydrogens is 332 g/mol. The van der Waals surface area contributed by atoms with Crippen molar-refractivity contribution in [2.75, 3.05) is 6.54 Å². The Morgan fingerprint density at radius 2 is 1.92 bits per heavy atom. The van der Waals surface area contributed by atoms with Crippen LogP contribution in [0.5, 0.6) is 0 Å². The summed E-state index contributed by atoms with van der Waals surface area (Å²) in [5.74, 6) is -0.0811. The summed E-state index contributed by atoms with van der Waals surface area (Å²) in [5.41, 5.74) is 2.40. The summed E-state index contributed by atoms with van der Waals surface area (Å²) in [6.45, 7) is 5.07. The highest BCUT2D eigenvalue weighted by Crippen LogP contribution is 2.33. The molecular formula is C21H25ClN2O. The lowest BCUT2D eigenvalue weighted by atomic mass is 9.80. The van der Waals surface area contributed by atoms with Crippen molar-refractivity contribution in [3.63, 3.8) is 0 Å². The number of piperidine rings is 1. The zero-order valence-electron chi connectivity index (χ0n) is 14.8. The Morgan fingerprint density at radius 1 is 1.16 bits per heavy atom. The summed E-state index contributed by atoms with van der Waals surface area (Å²) >= 11 is 6.20. The first-order chi connectivity index (χ1) is 12.0. The lowest BCUT2D eigenvalue weighted by molar-refractivity contribution is 0.0891. The van der Waals surface area contributed by atoms with Crippen LogP contribution in [-0.2, 0) is 0 Å². The number of rotatable bonds is 4. The van der Waals surface area contributed by atoms with Gasteiger partial charge in [0.2, 0.25) is 0 Å². The number of carbonyl (C=O) groups excluding carboxylic acids is 1. The summed E-state index contributed by atoms with van der Waals surface area (Å²) in [7, 11) is 0. The fourth-order valence-electron chi connectivity index (χ4n) is 3.64. The van der Waals surface area contributed by atoms with Gasteiger partial charge in [-0.2, -0.15) is 0 Å². The van der Waals surface area contributed by atoms with Crippen LogP contribution >= 0.6 is 11.6 Å². The molecule has 2 aromatic rings. The lowest BCUT2D eigenvalue weighted by Crippen LogP contribution is -2.55. The molecule has 1 fully saturated rings. The summed E-state index contributed by atoms with van der Waals surface area (Å²) in [4.78, 5) is 13.0. The van der Waals surface area contributed by atoms with E-state index in [4.69, 9.17) is 11.6 Å². The second-order valence-corrected chi connectivity index (χ2v) is 7.44. The van der Waals surface area contributed by atoms with E-state index < -0.39 is 0 Å². The molecule has 0 aliphatic carbocycles. The summed E-state index contributed by atoms with van der Waals surface area (Å²) in [5, 5.41) is 7.52. The molecule has 0 aromatic heterocycles. The van der Waals surface area contributed by atoms with Gasteiger partial charge in [0.05, 0.1) is 6.04 Å². The Morgan fingerprint density at radius 3 is 2.60 bits per heavy atom. The van der Waals surface area contributed by atoms with Gasteiger partial charge in [-0.25, -0.2) is 0 Å². The maximum Gasteiger partial charge on any atom is 0.252 e. The maximum absolute atomic E-state index is 13.0. The van der Waals surface area contributed by atoms with E-state index >= 15 is 0 Å². The molecule has 1 amide bonds. The number of hydrogen-bond acceptors (Lipinski definition) is 2. The Bertz CT molecular complexity index is 739. The van der Waals surface area contributed by atoms with Crippen LogP contribution in [0.4, 0.5) is 0 Å². The van der Waals surface area contributed by atoms with Crippen molar-refractivity contribution in [2.24, 2.45) is 0 Å². The first kappa shape index (κ1) is 18.0. The Kier molecular flexibility index (Phi) is 5.45. The number of carbonyl (C=O) groups is 1. The van der Waals surface area contributed by atoms with E-state index in [-0.39, 0.29) is 17.5 Å². The summed E-state index contributed by atoms with van der Waals surface area (Å²) in [6.07, 6.45) is 3.37. The predicted molar refractivity (Wildman–Crippen MR) is 103 cm³/mol. The topological polar surface area (TPSA) is 41.1 Å². The number of nitrogens with one attached hydrogen (secondary N) is 2. The first-order valence-electron chi connectivity index (χ1n) is 8.87. The number of hydrogen-bond donors (Lipinski definition) is 2. The molecule has 0 bridgehead atoms. The second kappa shape index (κ2) is 7.59. The maximum atomic E-state index is 13.0. The predicted octanol–water partition coefficient (Wildman–Crippen LogP) is 4.65. The van der Waals surface area contributed by atoms with Crippen LogP contribution in [0.3, 0.4) is 0 Å². The fraction of sp³-hybridized carbons (Fsp3) is 0.381. The van der Waals surface area contributed by atoms with Gasteiger partial charge in [-0.3, -0.25) is 4.79 Å². The highest BCUT2D eigenvalue weighted by Gasteiger charge is 2.37. The minimum Gasteiger partial charge on any atom is -0.343 e. The third kappa shape index (κ3) is 3.88. The molecule has 0 spiro atoms. The van der Waals surface area contributed by atoms with Gasteiger partial charge < -0.3 is 10.6 Å². The van der Waals surface area contributed by atoms with Gasteiger partial charge in [-0.05, 0) is 56.5 Å². The SMILES string of the molecule is Cc1c(Cl)cccc1C(=O)NC(c1ccccc1)C1(C)CCCCN1. The van der Waals surface area contributed by atoms with Crippen molar-refractivity contribution in [1.82, 2.24) is 10.6 Å². The van der Waals surface area contributed by atoms with E-state index in [0.717, 1.165) is 24.1 Å². The van der Waals surface area contributed by atoms with Crippen molar-refractivity contribution >= 4 is 17.5 Å². The monoisotopic (exact) mass is 356 g/mol. The van der Waals surface area contributed by atoms with Gasteiger partial charge in [0, 0.05) is 16.1 Å². The van der Waals surface area contributed by atoms with Crippen molar-refractivity contribution in [3.8, 4) is 0 Å². The van der Waals surface area contributed by atoms with Gasteiger partial charge in [-0.1, -0.05) is 54.4 Å². The minimum atomic E-state index is -0.165. The van der Waals surface area contributed by atoms with Crippen LogP contribution in [0.15, 0.2) is 48.5 Å². The molecule has 132 valence electrons. The van der Waals surface area contributed by atoms with Crippen LogP contribution in [0.1, 0.15) is 53.7 Å². The molecule has 2 N–H and O–H groups in total. The molecule has 1 aliphatic heterocycles. The van der Waals surface area contributed by atoms with Gasteiger partial charge in [-0.15, -0.1) is 0 Å². The van der Waals surface area contributed by atoms with Crippen LogP contribution in [0.2, 0.25) is 5.02 Å². The number of benzene rings is 2. The second-order valence-electron chi connectivity index (χ2n) is 7.03. The van der Waals surface area contributed by atoms with Gasteiger partial charge >= 0.3 is 0 Å². The summed E-state index contributed by atoms with van der Waals surface area (Å²) in [6, 6.07) is 15.6. The van der Waals surface area contributed by atoms with E-state index in [1.807, 2.05) is 43.3 Å². The molecule has 2 aromatic carbocycles. The molecule has 1 heterocycles. The molecule has 3 nitrogen and oxygen atoms in total. The van der Waals surface area contributed by atoms with E-state index in [0.29, 0.717) is 10.6 Å². The van der Waals surface area contributed by atoms with Gasteiger partial charge in [0.15, 0.2) is 0 Å². The molecule has 3 rings (SSSR count). The smallest absolute Gasteiger partial charge is 0.252 e. The first-order valence-corrected chi connectivity index (χ1v) is 9.25. The van der Waals surface area contributed by atoms with Gasteiger partial charge in [0.25, 0.3) is 5.91 Å². The van der Waals surface area contributed by atoms with Crippen molar-refractivity contribution in [3.05, 3.63) is 70.2 Å². The summed E-state index contributed by atoms with van der Waals surface area (Å²) < 4.78 is 0. The molecule has 25 heavy (non-hydrogen) atoms. The van der Waals surface area contributed by atoms with Crippen LogP contribution in [0, 0.1) is 6.92 Å². The van der Waals surface area contributed by atoms with Crippen LogP contribution in [0.25, 0.3) is 0 Å². The average molecular weight is 357 g/mol. The van der Waals surface area contributed by atoms with Crippen molar-refractivity contribution < 1.29 is 4.79 Å². The normalized spacial score (nSPS) is 21.6. The van der Waals surface area contributed by atoms with E-state index in [1.165, 1.54) is 12.8 Å². The third-order valence-corrected chi connectivity index (χ3v) is 5.62. The minimum absolute atomic E-state index is 0.0811. The Labute approximate surface area is 154 Å². The molecule has 0 saturated carbocycles. The zero-order valence-corrected chi connectivity index (χ0v) is 15.6. The molecule has 2 atom stereocenters. The van der Waals surface area contributed by atoms with E-state index in [1.54, 1.807) is 0 Å². The highest BCUT2D eigenvalue weighted by atomic mass is 35.5. The molecule has 0 radical (unpaired) electrons. The van der Waals surface area contributed by atoms with E-state index in [9.17, 15) is 4.79 Å². The van der Waals surface area contributed by atoms with Crippen molar-refractivity contribution in [1.29, 1.82) is 0 Å². The van der Waals surface area contributed by atoms with Crippen molar-refractivity contribution in [2.45, 2.75) is 44.7 Å². The van der Waals surface area contributed by atoms with Crippen LogP contribution < -0.4 is 10.6 Å². The lowest BCUT2D eigenvalue weighted by Gasteiger charge is -2.42. The zero-order chi connectivity index (χ0) is 17.9. The number of halogens is 1. The molecule has 2 unspecified atom stereocenters. The number of amides is 1.